The van der Waals surface area contributed by atoms with Crippen molar-refractivity contribution in [1.82, 2.24) is 10.3 Å². The molecule has 4 heteroatoms. The molecule has 0 radical (unpaired) electrons. The van der Waals surface area contributed by atoms with Gasteiger partial charge in [-0.2, -0.15) is 5.26 Å². The number of aromatic nitrogens is 1. The molecule has 4 nitrogen and oxygen atoms in total. The van der Waals surface area contributed by atoms with Crippen molar-refractivity contribution in [2.45, 2.75) is 18.9 Å². The average Bonchev–Trinajstić information content (AvgIpc) is 3.23. The van der Waals surface area contributed by atoms with Gasteiger partial charge in [-0.15, -0.1) is 0 Å². The number of hydrogen-bond acceptors (Lipinski definition) is 4. The number of fused-ring (bicyclic) bond motifs is 1. The van der Waals surface area contributed by atoms with Crippen molar-refractivity contribution in [2.24, 2.45) is 0 Å². The van der Waals surface area contributed by atoms with Gasteiger partial charge < -0.3 is 9.73 Å². The highest BCUT2D eigenvalue weighted by Crippen LogP contribution is 2.29. The molecule has 4 rings (SSSR count). The third-order valence-corrected chi connectivity index (χ3v) is 4.09. The molecule has 108 valence electrons. The lowest BCUT2D eigenvalue weighted by atomic mass is 10.0. The SMILES string of the molecule is N#Cc1cccc(-c2ccc3oc([C@@H]4CCCN4)nc3c2)c1. The summed E-state index contributed by atoms with van der Waals surface area (Å²) in [6, 6.07) is 16.0. The molecule has 0 aliphatic carbocycles. The molecule has 22 heavy (non-hydrogen) atoms. The zero-order chi connectivity index (χ0) is 14.9. The standard InChI is InChI=1S/C18H15N3O/c19-11-12-3-1-4-13(9-12)14-6-7-17-16(10-14)21-18(22-17)15-5-2-8-20-15/h1,3-4,6-7,9-10,15,20H,2,5,8H2/t15-/m0/s1. The van der Waals surface area contributed by atoms with Crippen molar-refractivity contribution in [3.05, 3.63) is 53.9 Å². The molecular weight excluding hydrogens is 274 g/mol. The lowest BCUT2D eigenvalue weighted by Gasteiger charge is -2.02. The van der Waals surface area contributed by atoms with Crippen molar-refractivity contribution in [1.29, 1.82) is 5.26 Å². The van der Waals surface area contributed by atoms with Gasteiger partial charge in [0.05, 0.1) is 17.7 Å². The average molecular weight is 289 g/mol. The van der Waals surface area contributed by atoms with Crippen LogP contribution in [-0.4, -0.2) is 11.5 Å². The highest BCUT2D eigenvalue weighted by Gasteiger charge is 2.21. The predicted molar refractivity (Wildman–Crippen MR) is 84.1 cm³/mol. The molecular formula is C18H15N3O. The summed E-state index contributed by atoms with van der Waals surface area (Å²) in [4.78, 5) is 4.63. The Kier molecular flexibility index (Phi) is 3.14. The largest absolute Gasteiger partial charge is 0.439 e. The molecule has 1 aliphatic rings. The smallest absolute Gasteiger partial charge is 0.212 e. The minimum Gasteiger partial charge on any atom is -0.439 e. The molecule has 0 unspecified atom stereocenters. The van der Waals surface area contributed by atoms with Crippen LogP contribution in [0.3, 0.4) is 0 Å². The third kappa shape index (κ3) is 2.26. The number of hydrogen-bond donors (Lipinski definition) is 1. The summed E-state index contributed by atoms with van der Waals surface area (Å²) >= 11 is 0. The van der Waals surface area contributed by atoms with Crippen LogP contribution in [0.1, 0.15) is 30.3 Å². The first kappa shape index (κ1) is 13.1. The van der Waals surface area contributed by atoms with Gasteiger partial charge in [0.25, 0.3) is 0 Å². The van der Waals surface area contributed by atoms with Gasteiger partial charge in [0, 0.05) is 0 Å². The van der Waals surface area contributed by atoms with Crippen LogP contribution in [0.25, 0.3) is 22.2 Å². The van der Waals surface area contributed by atoms with E-state index in [1.165, 1.54) is 0 Å². The lowest BCUT2D eigenvalue weighted by Crippen LogP contribution is -2.12. The van der Waals surface area contributed by atoms with Crippen LogP contribution in [-0.2, 0) is 0 Å². The maximum Gasteiger partial charge on any atom is 0.212 e. The van der Waals surface area contributed by atoms with Crippen LogP contribution in [0.2, 0.25) is 0 Å². The lowest BCUT2D eigenvalue weighted by molar-refractivity contribution is 0.452. The molecule has 1 aromatic heterocycles. The number of benzene rings is 2. The van der Waals surface area contributed by atoms with Gasteiger partial charge in [-0.05, 0) is 54.8 Å². The van der Waals surface area contributed by atoms with E-state index in [4.69, 9.17) is 9.68 Å². The second-order valence-corrected chi connectivity index (χ2v) is 5.58. The first-order valence-electron chi connectivity index (χ1n) is 7.48. The van der Waals surface area contributed by atoms with Gasteiger partial charge >= 0.3 is 0 Å². The van der Waals surface area contributed by atoms with E-state index in [9.17, 15) is 0 Å². The Labute approximate surface area is 128 Å². The summed E-state index contributed by atoms with van der Waals surface area (Å²) in [6.45, 7) is 1.02. The van der Waals surface area contributed by atoms with E-state index in [0.717, 1.165) is 47.5 Å². The zero-order valence-electron chi connectivity index (χ0n) is 12.0. The second kappa shape index (κ2) is 5.28. The molecule has 3 aromatic rings. The molecule has 1 aliphatic heterocycles. The fraction of sp³-hybridized carbons (Fsp3) is 0.222. The summed E-state index contributed by atoms with van der Waals surface area (Å²) < 4.78 is 5.86. The minimum absolute atomic E-state index is 0.234. The van der Waals surface area contributed by atoms with Crippen molar-refractivity contribution in [3.63, 3.8) is 0 Å². The van der Waals surface area contributed by atoms with Crippen LogP contribution in [0.5, 0.6) is 0 Å². The number of oxazole rings is 1. The van der Waals surface area contributed by atoms with Crippen molar-refractivity contribution >= 4 is 11.1 Å². The predicted octanol–water partition coefficient (Wildman–Crippen LogP) is 3.79. The number of nitrogens with zero attached hydrogens (tertiary/aromatic N) is 2. The summed E-state index contributed by atoms with van der Waals surface area (Å²) in [5.41, 5.74) is 4.40. The van der Waals surface area contributed by atoms with Crippen LogP contribution < -0.4 is 5.32 Å². The van der Waals surface area contributed by atoms with Gasteiger partial charge in [0.15, 0.2) is 5.58 Å². The van der Waals surface area contributed by atoms with E-state index in [1.807, 2.05) is 42.5 Å². The first-order valence-corrected chi connectivity index (χ1v) is 7.48. The Morgan fingerprint density at radius 1 is 1.18 bits per heavy atom. The number of nitriles is 1. The molecule has 0 spiro atoms. The Bertz CT molecular complexity index is 869. The Morgan fingerprint density at radius 2 is 2.09 bits per heavy atom. The van der Waals surface area contributed by atoms with Gasteiger partial charge in [-0.25, -0.2) is 4.98 Å². The van der Waals surface area contributed by atoms with Crippen LogP contribution >= 0.6 is 0 Å². The molecule has 1 atom stereocenters. The maximum absolute atomic E-state index is 9.02. The van der Waals surface area contributed by atoms with Crippen LogP contribution in [0, 0.1) is 11.3 Å². The van der Waals surface area contributed by atoms with Crippen molar-refractivity contribution in [3.8, 4) is 17.2 Å². The minimum atomic E-state index is 0.234. The molecule has 0 amide bonds. The van der Waals surface area contributed by atoms with Crippen molar-refractivity contribution < 1.29 is 4.42 Å². The van der Waals surface area contributed by atoms with Crippen molar-refractivity contribution in [2.75, 3.05) is 6.54 Å². The van der Waals surface area contributed by atoms with Gasteiger partial charge in [0.1, 0.15) is 5.52 Å². The third-order valence-electron chi connectivity index (χ3n) is 4.09. The number of rotatable bonds is 2. The summed E-state index contributed by atoms with van der Waals surface area (Å²) in [5.74, 6) is 0.774. The highest BCUT2D eigenvalue weighted by molar-refractivity contribution is 5.80. The fourth-order valence-electron chi connectivity index (χ4n) is 2.94. The van der Waals surface area contributed by atoms with E-state index >= 15 is 0 Å². The quantitative estimate of drug-likeness (QED) is 0.779. The molecule has 1 fully saturated rings. The molecule has 1 N–H and O–H groups in total. The van der Waals surface area contributed by atoms with Gasteiger partial charge in [0.2, 0.25) is 5.89 Å². The second-order valence-electron chi connectivity index (χ2n) is 5.58. The van der Waals surface area contributed by atoms with E-state index in [1.54, 1.807) is 0 Å². The van der Waals surface area contributed by atoms with E-state index in [0.29, 0.717) is 5.56 Å². The molecule has 0 bridgehead atoms. The normalized spacial score (nSPS) is 17.7. The molecule has 0 saturated carbocycles. The Balaban J connectivity index is 1.75. The first-order chi connectivity index (χ1) is 10.8. The van der Waals surface area contributed by atoms with Gasteiger partial charge in [-0.3, -0.25) is 0 Å². The fourth-order valence-corrected chi connectivity index (χ4v) is 2.94. The summed E-state index contributed by atoms with van der Waals surface area (Å²) in [7, 11) is 0. The van der Waals surface area contributed by atoms with Crippen LogP contribution in [0.4, 0.5) is 0 Å². The summed E-state index contributed by atoms with van der Waals surface area (Å²) in [6.07, 6.45) is 2.24. The van der Waals surface area contributed by atoms with Gasteiger partial charge in [-0.1, -0.05) is 18.2 Å². The van der Waals surface area contributed by atoms with E-state index in [-0.39, 0.29) is 6.04 Å². The molecule has 2 aromatic carbocycles. The topological polar surface area (TPSA) is 61.9 Å². The summed E-state index contributed by atoms with van der Waals surface area (Å²) in [5, 5.41) is 12.4. The van der Waals surface area contributed by atoms with E-state index in [2.05, 4.69) is 16.4 Å². The van der Waals surface area contributed by atoms with Crippen LogP contribution in [0.15, 0.2) is 46.9 Å². The Hall–Kier alpha value is -2.64. The maximum atomic E-state index is 9.02. The number of nitrogens with one attached hydrogen (secondary N) is 1. The zero-order valence-corrected chi connectivity index (χ0v) is 12.0. The monoisotopic (exact) mass is 289 g/mol. The Morgan fingerprint density at radius 3 is 2.91 bits per heavy atom. The van der Waals surface area contributed by atoms with E-state index < -0.39 is 0 Å². The molecule has 2 heterocycles. The highest BCUT2D eigenvalue weighted by atomic mass is 16.3. The molecule has 1 saturated heterocycles.